The molecule has 1 aliphatic heterocycles. The number of morpholine rings is 1. The van der Waals surface area contributed by atoms with Crippen molar-refractivity contribution in [3.63, 3.8) is 0 Å². The van der Waals surface area contributed by atoms with Crippen LogP contribution in [0.4, 0.5) is 11.5 Å². The standard InChI is InChI=1S/C17H18ClN5O2/c1-2-15(24)23-3-4-25-9-14(23)10-5-11(7-12(18)6-10)17-21-8-13(19)16(20)22-17/h2,5-8,14H,1,3-4,9,19H2,(H2,20,21,22)/t14-/m0/s1. The van der Waals surface area contributed by atoms with Gasteiger partial charge in [0, 0.05) is 17.1 Å². The summed E-state index contributed by atoms with van der Waals surface area (Å²) in [5, 5.41) is 0.503. The third-order valence-corrected chi connectivity index (χ3v) is 4.22. The minimum Gasteiger partial charge on any atom is -0.394 e. The number of aromatic nitrogens is 2. The highest BCUT2D eigenvalue weighted by Gasteiger charge is 2.28. The van der Waals surface area contributed by atoms with Crippen LogP contribution in [0.2, 0.25) is 5.02 Å². The van der Waals surface area contributed by atoms with Crippen LogP contribution in [-0.4, -0.2) is 40.5 Å². The maximum Gasteiger partial charge on any atom is 0.246 e. The number of nitrogen functional groups attached to an aromatic ring is 2. The Balaban J connectivity index is 2.02. The number of nitrogens with two attached hydrogens (primary N) is 2. The number of hydrogen-bond donors (Lipinski definition) is 2. The minimum atomic E-state index is -0.261. The summed E-state index contributed by atoms with van der Waals surface area (Å²) in [5.74, 6) is 0.465. The summed E-state index contributed by atoms with van der Waals surface area (Å²) in [5.41, 5.74) is 13.3. The first-order valence-electron chi connectivity index (χ1n) is 7.69. The lowest BCUT2D eigenvalue weighted by Crippen LogP contribution is -2.42. The molecule has 0 unspecified atom stereocenters. The fraction of sp³-hybridized carbons (Fsp3) is 0.235. The average Bonchev–Trinajstić information content (AvgIpc) is 2.62. The van der Waals surface area contributed by atoms with Crippen LogP contribution in [0.15, 0.2) is 37.1 Å². The van der Waals surface area contributed by atoms with Gasteiger partial charge in [0.25, 0.3) is 0 Å². The van der Waals surface area contributed by atoms with Gasteiger partial charge in [-0.15, -0.1) is 0 Å². The first-order valence-corrected chi connectivity index (χ1v) is 8.07. The molecular formula is C17H18ClN5O2. The molecule has 0 aliphatic carbocycles. The second-order valence-electron chi connectivity index (χ2n) is 5.63. The number of halogens is 1. The Labute approximate surface area is 150 Å². The van der Waals surface area contributed by atoms with E-state index in [2.05, 4.69) is 16.5 Å². The van der Waals surface area contributed by atoms with Crippen molar-refractivity contribution in [2.24, 2.45) is 0 Å². The van der Waals surface area contributed by atoms with E-state index in [0.717, 1.165) is 5.56 Å². The Hall–Kier alpha value is -2.64. The zero-order valence-corrected chi connectivity index (χ0v) is 14.2. The van der Waals surface area contributed by atoms with Gasteiger partial charge in [-0.1, -0.05) is 18.2 Å². The zero-order valence-electron chi connectivity index (χ0n) is 13.5. The van der Waals surface area contributed by atoms with Gasteiger partial charge in [0.1, 0.15) is 0 Å². The van der Waals surface area contributed by atoms with Crippen molar-refractivity contribution in [1.82, 2.24) is 14.9 Å². The van der Waals surface area contributed by atoms with Gasteiger partial charge in [-0.25, -0.2) is 9.97 Å². The van der Waals surface area contributed by atoms with Crippen LogP contribution in [0, 0.1) is 0 Å². The number of ether oxygens (including phenoxy) is 1. The van der Waals surface area contributed by atoms with Crippen LogP contribution in [0.1, 0.15) is 11.6 Å². The predicted molar refractivity (Wildman–Crippen MR) is 96.8 cm³/mol. The molecule has 1 amide bonds. The molecule has 1 aromatic heterocycles. The molecule has 1 saturated heterocycles. The van der Waals surface area contributed by atoms with Crippen LogP contribution in [0.25, 0.3) is 11.4 Å². The van der Waals surface area contributed by atoms with Gasteiger partial charge in [0.05, 0.1) is 31.1 Å². The number of anilines is 2. The topological polar surface area (TPSA) is 107 Å². The van der Waals surface area contributed by atoms with E-state index in [1.54, 1.807) is 17.0 Å². The van der Waals surface area contributed by atoms with Crippen molar-refractivity contribution in [3.8, 4) is 11.4 Å². The second kappa shape index (κ2) is 7.08. The van der Waals surface area contributed by atoms with E-state index in [-0.39, 0.29) is 17.8 Å². The monoisotopic (exact) mass is 359 g/mol. The van der Waals surface area contributed by atoms with Gasteiger partial charge in [-0.3, -0.25) is 4.79 Å². The normalized spacial score (nSPS) is 17.3. The molecule has 1 aliphatic rings. The van der Waals surface area contributed by atoms with Crippen LogP contribution in [0.3, 0.4) is 0 Å². The van der Waals surface area contributed by atoms with Gasteiger partial charge in [0.15, 0.2) is 11.6 Å². The highest BCUT2D eigenvalue weighted by Crippen LogP contribution is 2.31. The lowest BCUT2D eigenvalue weighted by molar-refractivity contribution is -0.134. The summed E-state index contributed by atoms with van der Waals surface area (Å²) in [6.45, 7) is 4.92. The van der Waals surface area contributed by atoms with Crippen molar-refractivity contribution in [2.75, 3.05) is 31.2 Å². The van der Waals surface area contributed by atoms with Crippen molar-refractivity contribution >= 4 is 29.0 Å². The minimum absolute atomic E-state index is 0.150. The Morgan fingerprint density at radius 3 is 2.92 bits per heavy atom. The predicted octanol–water partition coefficient (Wildman–Crippen LogP) is 2.05. The molecule has 7 nitrogen and oxygen atoms in total. The number of carbonyl (C=O) groups excluding carboxylic acids is 1. The summed E-state index contributed by atoms with van der Waals surface area (Å²) in [4.78, 5) is 22.2. The lowest BCUT2D eigenvalue weighted by atomic mass is 10.0. The number of carbonyl (C=O) groups is 1. The van der Waals surface area contributed by atoms with E-state index in [1.807, 2.05) is 6.07 Å². The van der Waals surface area contributed by atoms with E-state index in [9.17, 15) is 4.79 Å². The van der Waals surface area contributed by atoms with Crippen molar-refractivity contribution in [3.05, 3.63) is 47.6 Å². The highest BCUT2D eigenvalue weighted by molar-refractivity contribution is 6.31. The van der Waals surface area contributed by atoms with Crippen molar-refractivity contribution < 1.29 is 9.53 Å². The molecule has 8 heteroatoms. The summed E-state index contributed by atoms with van der Waals surface area (Å²) >= 11 is 6.28. The highest BCUT2D eigenvalue weighted by atomic mass is 35.5. The van der Waals surface area contributed by atoms with Gasteiger partial charge in [-0.2, -0.15) is 0 Å². The molecule has 3 rings (SSSR count). The molecule has 2 heterocycles. The molecule has 1 aromatic carbocycles. The van der Waals surface area contributed by atoms with E-state index in [1.165, 1.54) is 12.3 Å². The molecule has 1 atom stereocenters. The Morgan fingerprint density at radius 2 is 2.20 bits per heavy atom. The quantitative estimate of drug-likeness (QED) is 0.812. The number of amides is 1. The summed E-state index contributed by atoms with van der Waals surface area (Å²) < 4.78 is 5.54. The number of nitrogens with zero attached hydrogens (tertiary/aromatic N) is 3. The Kier molecular flexibility index (Phi) is 4.87. The fourth-order valence-electron chi connectivity index (χ4n) is 2.74. The third-order valence-electron chi connectivity index (χ3n) is 4.00. The fourth-order valence-corrected chi connectivity index (χ4v) is 2.98. The molecule has 130 valence electrons. The molecule has 2 aromatic rings. The summed E-state index contributed by atoms with van der Waals surface area (Å²) in [6.07, 6.45) is 2.75. The smallest absolute Gasteiger partial charge is 0.246 e. The van der Waals surface area contributed by atoms with Crippen LogP contribution in [-0.2, 0) is 9.53 Å². The largest absolute Gasteiger partial charge is 0.394 e. The molecule has 25 heavy (non-hydrogen) atoms. The molecule has 4 N–H and O–H groups in total. The SMILES string of the molecule is C=CC(=O)N1CCOC[C@H]1c1cc(Cl)cc(-c2ncc(N)c(N)n2)c1. The number of hydrogen-bond acceptors (Lipinski definition) is 6. The van der Waals surface area contributed by atoms with Crippen LogP contribution in [0.5, 0.6) is 0 Å². The van der Waals surface area contributed by atoms with Crippen molar-refractivity contribution in [1.29, 1.82) is 0 Å². The van der Waals surface area contributed by atoms with Crippen LogP contribution >= 0.6 is 11.6 Å². The van der Waals surface area contributed by atoms with Gasteiger partial charge < -0.3 is 21.1 Å². The van der Waals surface area contributed by atoms with E-state index in [4.69, 9.17) is 27.8 Å². The molecule has 0 spiro atoms. The maximum atomic E-state index is 12.1. The summed E-state index contributed by atoms with van der Waals surface area (Å²) in [7, 11) is 0. The van der Waals surface area contributed by atoms with E-state index < -0.39 is 0 Å². The molecule has 0 bridgehead atoms. The number of rotatable bonds is 3. The molecule has 0 radical (unpaired) electrons. The Bertz CT molecular complexity index is 827. The molecular weight excluding hydrogens is 342 g/mol. The third kappa shape index (κ3) is 3.57. The molecule has 0 saturated carbocycles. The second-order valence-corrected chi connectivity index (χ2v) is 6.07. The average molecular weight is 360 g/mol. The van der Waals surface area contributed by atoms with Gasteiger partial charge in [0.2, 0.25) is 5.91 Å². The zero-order chi connectivity index (χ0) is 18.0. The van der Waals surface area contributed by atoms with Gasteiger partial charge >= 0.3 is 0 Å². The lowest BCUT2D eigenvalue weighted by Gasteiger charge is -2.35. The first kappa shape index (κ1) is 17.2. The van der Waals surface area contributed by atoms with Crippen LogP contribution < -0.4 is 11.5 Å². The first-order chi connectivity index (χ1) is 12.0. The maximum absolute atomic E-state index is 12.1. The van der Waals surface area contributed by atoms with Crippen molar-refractivity contribution in [2.45, 2.75) is 6.04 Å². The van der Waals surface area contributed by atoms with Gasteiger partial charge in [-0.05, 0) is 29.8 Å². The molecule has 1 fully saturated rings. The van der Waals surface area contributed by atoms with E-state index in [0.29, 0.717) is 41.9 Å². The number of benzene rings is 1. The summed E-state index contributed by atoms with van der Waals surface area (Å²) in [6, 6.07) is 5.15. The Morgan fingerprint density at radius 1 is 1.40 bits per heavy atom. The van der Waals surface area contributed by atoms with E-state index >= 15 is 0 Å².